The van der Waals surface area contributed by atoms with Crippen LogP contribution in [0.4, 0.5) is 0 Å². The van der Waals surface area contributed by atoms with E-state index in [2.05, 4.69) is 12.2 Å². The van der Waals surface area contributed by atoms with Gasteiger partial charge in [0.1, 0.15) is 0 Å². The first-order valence-electron chi connectivity index (χ1n) is 8.43. The molecule has 0 radical (unpaired) electrons. The molecule has 1 heterocycles. The van der Waals surface area contributed by atoms with Crippen molar-refractivity contribution in [3.8, 4) is 6.07 Å². The van der Waals surface area contributed by atoms with E-state index in [9.17, 15) is 14.4 Å². The summed E-state index contributed by atoms with van der Waals surface area (Å²) < 4.78 is 0. The molecule has 1 aromatic carbocycles. The van der Waals surface area contributed by atoms with Crippen molar-refractivity contribution in [1.29, 1.82) is 5.26 Å². The normalized spacial score (nSPS) is 13.4. The maximum absolute atomic E-state index is 12.0. The lowest BCUT2D eigenvalue weighted by molar-refractivity contribution is -0.143. The van der Waals surface area contributed by atoms with Crippen LogP contribution in [0.5, 0.6) is 0 Å². The van der Waals surface area contributed by atoms with E-state index < -0.39 is 5.91 Å². The molecule has 8 heteroatoms. The number of nitrogens with two attached hydrogens (primary N) is 1. The lowest BCUT2D eigenvalue weighted by Gasteiger charge is -2.32. The predicted molar refractivity (Wildman–Crippen MR) is 97.1 cm³/mol. The highest BCUT2D eigenvalue weighted by Gasteiger charge is 2.24. The highest BCUT2D eigenvalue weighted by molar-refractivity contribution is 5.97. The van der Waals surface area contributed by atoms with Crippen LogP contribution in [0.2, 0.25) is 0 Å². The van der Waals surface area contributed by atoms with Crippen molar-refractivity contribution in [2.24, 2.45) is 5.73 Å². The zero-order chi connectivity index (χ0) is 19.5. The van der Waals surface area contributed by atoms with Crippen LogP contribution < -0.4 is 11.1 Å². The van der Waals surface area contributed by atoms with Crippen LogP contribution in [-0.4, -0.2) is 67.3 Å². The summed E-state index contributed by atoms with van der Waals surface area (Å²) in [6.45, 7) is 3.72. The molecule has 0 spiro atoms. The van der Waals surface area contributed by atoms with Crippen LogP contribution in [0.3, 0.4) is 0 Å². The summed E-state index contributed by atoms with van der Waals surface area (Å²) >= 11 is 0. The lowest BCUT2D eigenvalue weighted by Crippen LogP contribution is -2.52. The van der Waals surface area contributed by atoms with E-state index in [1.54, 1.807) is 11.9 Å². The van der Waals surface area contributed by atoms with Gasteiger partial charge in [-0.3, -0.25) is 14.4 Å². The molecule has 8 nitrogen and oxygen atoms in total. The number of piperazine rings is 1. The van der Waals surface area contributed by atoms with E-state index in [0.29, 0.717) is 24.2 Å². The first kappa shape index (κ1) is 21.1. The van der Waals surface area contributed by atoms with Crippen molar-refractivity contribution < 1.29 is 14.4 Å². The lowest BCUT2D eigenvalue weighted by atomic mass is 10.1. The summed E-state index contributed by atoms with van der Waals surface area (Å²) in [6, 6.07) is 8.09. The quantitative estimate of drug-likeness (QED) is 0.781. The summed E-state index contributed by atoms with van der Waals surface area (Å²) in [5.41, 5.74) is 5.87. The number of nitrogens with one attached hydrogen (secondary N) is 1. The molecule has 0 aliphatic carbocycles. The zero-order valence-electron chi connectivity index (χ0n) is 15.2. The van der Waals surface area contributed by atoms with Gasteiger partial charge in [0.2, 0.25) is 11.8 Å². The fourth-order valence-corrected chi connectivity index (χ4v) is 2.04. The topological polar surface area (TPSA) is 120 Å². The summed E-state index contributed by atoms with van der Waals surface area (Å²) in [7, 11) is 1.69. The third-order valence-electron chi connectivity index (χ3n) is 3.77. The van der Waals surface area contributed by atoms with E-state index >= 15 is 0 Å². The van der Waals surface area contributed by atoms with Gasteiger partial charge >= 0.3 is 0 Å². The van der Waals surface area contributed by atoms with Crippen molar-refractivity contribution in [3.05, 3.63) is 35.4 Å². The number of carbonyl (C=O) groups excluding carboxylic acids is 3. The molecule has 26 heavy (non-hydrogen) atoms. The third kappa shape index (κ3) is 6.53. The number of amides is 3. The number of benzene rings is 1. The number of nitrogens with zero attached hydrogens (tertiary/aromatic N) is 3. The second-order valence-electron chi connectivity index (χ2n) is 5.79. The number of rotatable bonds is 4. The molecule has 0 unspecified atom stereocenters. The van der Waals surface area contributed by atoms with Crippen LogP contribution in [0.15, 0.2) is 24.3 Å². The van der Waals surface area contributed by atoms with Crippen molar-refractivity contribution in [2.75, 3.05) is 39.8 Å². The average molecular weight is 359 g/mol. The van der Waals surface area contributed by atoms with Crippen molar-refractivity contribution >= 4 is 17.7 Å². The largest absolute Gasteiger partial charge is 0.343 e. The standard InChI is InChI=1S/C15H16N4O3.C3H9N/c1-18-6-7-19(10-14(18)21)13(20)9-17-15(22)12-4-2-11(8-16)3-5-12;1-2-3-4/h2-5H,6-7,9-10H2,1H3,(H,17,22);2-4H2,1H3. The minimum atomic E-state index is -0.390. The van der Waals surface area contributed by atoms with E-state index in [4.69, 9.17) is 11.0 Å². The Hall–Kier alpha value is -2.92. The van der Waals surface area contributed by atoms with E-state index in [1.165, 1.54) is 29.2 Å². The summed E-state index contributed by atoms with van der Waals surface area (Å²) in [4.78, 5) is 38.4. The molecule has 1 aromatic rings. The first-order chi connectivity index (χ1) is 12.4. The Morgan fingerprint density at radius 1 is 1.27 bits per heavy atom. The van der Waals surface area contributed by atoms with Gasteiger partial charge in [0.05, 0.1) is 24.7 Å². The molecule has 1 aliphatic heterocycles. The first-order valence-corrected chi connectivity index (χ1v) is 8.43. The molecule has 1 aliphatic rings. The van der Waals surface area contributed by atoms with Crippen LogP contribution in [0.1, 0.15) is 29.3 Å². The van der Waals surface area contributed by atoms with Crippen LogP contribution in [0.25, 0.3) is 0 Å². The molecular formula is C18H25N5O3. The van der Waals surface area contributed by atoms with E-state index in [-0.39, 0.29) is 24.9 Å². The van der Waals surface area contributed by atoms with Gasteiger partial charge in [0, 0.05) is 25.7 Å². The van der Waals surface area contributed by atoms with E-state index in [0.717, 1.165) is 13.0 Å². The van der Waals surface area contributed by atoms with Gasteiger partial charge < -0.3 is 20.9 Å². The number of carbonyl (C=O) groups is 3. The molecule has 3 N–H and O–H groups in total. The van der Waals surface area contributed by atoms with Crippen molar-refractivity contribution in [3.63, 3.8) is 0 Å². The minimum Gasteiger partial charge on any atom is -0.343 e. The highest BCUT2D eigenvalue weighted by atomic mass is 16.2. The van der Waals surface area contributed by atoms with Gasteiger partial charge in [-0.2, -0.15) is 5.26 Å². The van der Waals surface area contributed by atoms with Gasteiger partial charge in [-0.25, -0.2) is 0 Å². The molecule has 0 atom stereocenters. The second kappa shape index (κ2) is 10.8. The Morgan fingerprint density at radius 3 is 2.38 bits per heavy atom. The smallest absolute Gasteiger partial charge is 0.251 e. The van der Waals surface area contributed by atoms with Gasteiger partial charge in [-0.1, -0.05) is 6.92 Å². The second-order valence-corrected chi connectivity index (χ2v) is 5.79. The minimum absolute atomic E-state index is 0.0437. The maximum atomic E-state index is 12.0. The maximum Gasteiger partial charge on any atom is 0.251 e. The molecule has 0 aromatic heterocycles. The third-order valence-corrected chi connectivity index (χ3v) is 3.77. The monoisotopic (exact) mass is 359 g/mol. The summed E-state index contributed by atoms with van der Waals surface area (Å²) in [5, 5.41) is 11.2. The van der Waals surface area contributed by atoms with Crippen LogP contribution >= 0.6 is 0 Å². The number of nitriles is 1. The predicted octanol–water partition coefficient (Wildman–Crippen LogP) is -0.0562. The fourth-order valence-electron chi connectivity index (χ4n) is 2.04. The Bertz CT molecular complexity index is 664. The van der Waals surface area contributed by atoms with Gasteiger partial charge in [-0.05, 0) is 37.2 Å². The Balaban J connectivity index is 0.000000765. The van der Waals surface area contributed by atoms with Crippen molar-refractivity contribution in [1.82, 2.24) is 15.1 Å². The molecule has 1 fully saturated rings. The van der Waals surface area contributed by atoms with Crippen LogP contribution in [-0.2, 0) is 9.59 Å². The van der Waals surface area contributed by atoms with Gasteiger partial charge in [0.25, 0.3) is 5.91 Å². The highest BCUT2D eigenvalue weighted by Crippen LogP contribution is 2.04. The Labute approximate surface area is 153 Å². The molecule has 2 rings (SSSR count). The Kier molecular flexibility index (Phi) is 8.81. The summed E-state index contributed by atoms with van der Waals surface area (Å²) in [5.74, 6) is -0.792. The average Bonchev–Trinajstić information content (AvgIpc) is 2.68. The van der Waals surface area contributed by atoms with Crippen LogP contribution in [0, 0.1) is 11.3 Å². The zero-order valence-corrected chi connectivity index (χ0v) is 15.2. The molecule has 0 bridgehead atoms. The Morgan fingerprint density at radius 2 is 1.88 bits per heavy atom. The number of hydrogen-bond acceptors (Lipinski definition) is 5. The van der Waals surface area contributed by atoms with Gasteiger partial charge in [0.15, 0.2) is 0 Å². The van der Waals surface area contributed by atoms with E-state index in [1.807, 2.05) is 6.07 Å². The molecule has 140 valence electrons. The number of hydrogen-bond donors (Lipinski definition) is 2. The SMILES string of the molecule is CCCN.CN1CCN(C(=O)CNC(=O)c2ccc(C#N)cc2)CC1=O. The van der Waals surface area contributed by atoms with Crippen molar-refractivity contribution in [2.45, 2.75) is 13.3 Å². The fraction of sp³-hybridized carbons (Fsp3) is 0.444. The molecule has 0 saturated carbocycles. The molecular weight excluding hydrogens is 334 g/mol. The number of likely N-dealkylation sites (N-methyl/N-ethyl adjacent to an activating group) is 1. The summed E-state index contributed by atoms with van der Waals surface area (Å²) in [6.07, 6.45) is 1.10. The molecule has 3 amide bonds. The molecule has 1 saturated heterocycles. The van der Waals surface area contributed by atoms with Gasteiger partial charge in [-0.15, -0.1) is 0 Å².